The number of alkyl halides is 3. The lowest BCUT2D eigenvalue weighted by atomic mass is 10.3. The average Bonchev–Trinajstić information content (AvgIpc) is 2.73. The van der Waals surface area contributed by atoms with Gasteiger partial charge in [-0.05, 0) is 18.6 Å². The first-order chi connectivity index (χ1) is 9.34. The normalized spacial score (nSPS) is 11.6. The Balaban J connectivity index is 2.00. The number of nitrogens with two attached hydrogens (primary N) is 1. The van der Waals surface area contributed by atoms with Gasteiger partial charge in [-0.3, -0.25) is 0 Å². The summed E-state index contributed by atoms with van der Waals surface area (Å²) in [6.45, 7) is 0.421. The monoisotopic (exact) mass is 322 g/mol. The molecule has 0 amide bonds. The highest BCUT2D eigenvalue weighted by Gasteiger charge is 2.35. The molecule has 2 aromatic heterocycles. The third-order valence-corrected chi connectivity index (χ3v) is 3.60. The third kappa shape index (κ3) is 3.97. The Morgan fingerprint density at radius 2 is 2.05 bits per heavy atom. The van der Waals surface area contributed by atoms with Crippen molar-refractivity contribution in [2.24, 2.45) is 0 Å². The molecule has 2 aromatic rings. The van der Waals surface area contributed by atoms with Crippen LogP contribution in [0.1, 0.15) is 10.7 Å². The van der Waals surface area contributed by atoms with Crippen molar-refractivity contribution in [3.8, 4) is 0 Å². The molecule has 0 aromatic carbocycles. The number of thiophene rings is 1. The smallest absolute Gasteiger partial charge is 0.384 e. The molecule has 4 nitrogen and oxygen atoms in total. The van der Waals surface area contributed by atoms with Crippen LogP contribution in [0.25, 0.3) is 0 Å². The fourth-order valence-electron chi connectivity index (χ4n) is 1.48. The van der Waals surface area contributed by atoms with Gasteiger partial charge in [0, 0.05) is 17.5 Å². The molecule has 0 atom stereocenters. The van der Waals surface area contributed by atoms with E-state index in [1.54, 1.807) is 6.07 Å². The molecule has 108 valence electrons. The van der Waals surface area contributed by atoms with Gasteiger partial charge in [0.2, 0.25) is 5.82 Å². The largest absolute Gasteiger partial charge is 0.451 e. The second kappa shape index (κ2) is 5.84. The lowest BCUT2D eigenvalue weighted by molar-refractivity contribution is -0.144. The van der Waals surface area contributed by atoms with Crippen LogP contribution in [0.5, 0.6) is 0 Å². The number of hydrogen-bond donors (Lipinski definition) is 2. The van der Waals surface area contributed by atoms with Crippen molar-refractivity contribution < 1.29 is 13.2 Å². The Morgan fingerprint density at radius 1 is 1.30 bits per heavy atom. The fourth-order valence-corrected chi connectivity index (χ4v) is 2.57. The lowest BCUT2D eigenvalue weighted by Gasteiger charge is -2.09. The second-order valence-corrected chi connectivity index (χ2v) is 5.68. The molecule has 0 saturated heterocycles. The Labute approximate surface area is 121 Å². The van der Waals surface area contributed by atoms with Gasteiger partial charge in [0.25, 0.3) is 0 Å². The molecule has 20 heavy (non-hydrogen) atoms. The summed E-state index contributed by atoms with van der Waals surface area (Å²) >= 11 is 7.21. The molecule has 0 unspecified atom stereocenters. The van der Waals surface area contributed by atoms with Gasteiger partial charge in [0.1, 0.15) is 11.6 Å². The van der Waals surface area contributed by atoms with Crippen LogP contribution in [0, 0.1) is 0 Å². The summed E-state index contributed by atoms with van der Waals surface area (Å²) in [6, 6.07) is 4.90. The van der Waals surface area contributed by atoms with E-state index in [1.807, 2.05) is 6.07 Å². The number of nitrogen functional groups attached to an aromatic ring is 1. The van der Waals surface area contributed by atoms with E-state index in [0.717, 1.165) is 4.88 Å². The maximum absolute atomic E-state index is 12.5. The Hall–Kier alpha value is -1.54. The van der Waals surface area contributed by atoms with E-state index in [2.05, 4.69) is 15.3 Å². The van der Waals surface area contributed by atoms with Crippen molar-refractivity contribution in [2.75, 3.05) is 17.6 Å². The van der Waals surface area contributed by atoms with Crippen molar-refractivity contribution in [2.45, 2.75) is 12.6 Å². The van der Waals surface area contributed by atoms with Crippen LogP contribution in [0.4, 0.5) is 24.8 Å². The molecule has 0 radical (unpaired) electrons. The van der Waals surface area contributed by atoms with Crippen LogP contribution in [-0.4, -0.2) is 16.5 Å². The summed E-state index contributed by atoms with van der Waals surface area (Å²) in [4.78, 5) is 7.58. The molecule has 2 rings (SSSR count). The number of aromatic nitrogens is 2. The number of nitrogens with one attached hydrogen (secondary N) is 1. The summed E-state index contributed by atoms with van der Waals surface area (Å²) in [5.41, 5.74) is 5.34. The van der Waals surface area contributed by atoms with Gasteiger partial charge in [-0.2, -0.15) is 13.2 Å². The SMILES string of the molecule is Nc1cc(NCCc2ccc(Cl)s2)nc(C(F)(F)F)n1. The maximum Gasteiger partial charge on any atom is 0.451 e. The first-order valence-corrected chi connectivity index (χ1v) is 6.74. The Bertz CT molecular complexity index is 600. The van der Waals surface area contributed by atoms with Gasteiger partial charge >= 0.3 is 6.18 Å². The van der Waals surface area contributed by atoms with Gasteiger partial charge < -0.3 is 11.1 Å². The van der Waals surface area contributed by atoms with Gasteiger partial charge in [-0.15, -0.1) is 11.3 Å². The van der Waals surface area contributed by atoms with Crippen molar-refractivity contribution in [3.05, 3.63) is 33.2 Å². The van der Waals surface area contributed by atoms with E-state index in [-0.39, 0.29) is 11.6 Å². The number of halogens is 4. The van der Waals surface area contributed by atoms with E-state index < -0.39 is 12.0 Å². The van der Waals surface area contributed by atoms with Crippen LogP contribution in [-0.2, 0) is 12.6 Å². The van der Waals surface area contributed by atoms with Gasteiger partial charge in [0.05, 0.1) is 4.34 Å². The van der Waals surface area contributed by atoms with Crippen molar-refractivity contribution in [1.82, 2.24) is 9.97 Å². The molecule has 2 heterocycles. The summed E-state index contributed by atoms with van der Waals surface area (Å²) in [7, 11) is 0. The minimum atomic E-state index is -4.62. The van der Waals surface area contributed by atoms with Gasteiger partial charge in [0.15, 0.2) is 0 Å². The predicted octanol–water partition coefficient (Wildman–Crippen LogP) is 3.45. The van der Waals surface area contributed by atoms with Gasteiger partial charge in [-0.25, -0.2) is 9.97 Å². The molecule has 0 aliphatic carbocycles. The number of hydrogen-bond acceptors (Lipinski definition) is 5. The van der Waals surface area contributed by atoms with Crippen molar-refractivity contribution >= 4 is 34.6 Å². The topological polar surface area (TPSA) is 63.8 Å². The van der Waals surface area contributed by atoms with E-state index in [0.29, 0.717) is 17.3 Å². The third-order valence-electron chi connectivity index (χ3n) is 2.31. The number of rotatable bonds is 4. The van der Waals surface area contributed by atoms with Crippen LogP contribution in [0.3, 0.4) is 0 Å². The summed E-state index contributed by atoms with van der Waals surface area (Å²) < 4.78 is 38.2. The lowest BCUT2D eigenvalue weighted by Crippen LogP contribution is -2.15. The van der Waals surface area contributed by atoms with Crippen LogP contribution in [0.15, 0.2) is 18.2 Å². The summed E-state index contributed by atoms with van der Waals surface area (Å²) in [5, 5.41) is 2.79. The van der Waals surface area contributed by atoms with Crippen LogP contribution in [0.2, 0.25) is 4.34 Å². The summed E-state index contributed by atoms with van der Waals surface area (Å²) in [5.74, 6) is -1.43. The Kier molecular flexibility index (Phi) is 4.34. The molecule has 0 saturated carbocycles. The highest BCUT2D eigenvalue weighted by Crippen LogP contribution is 2.27. The minimum Gasteiger partial charge on any atom is -0.384 e. The molecule has 3 N–H and O–H groups in total. The predicted molar refractivity (Wildman–Crippen MR) is 73.0 cm³/mol. The zero-order chi connectivity index (χ0) is 14.8. The molecule has 0 bridgehead atoms. The Morgan fingerprint density at radius 3 is 2.65 bits per heavy atom. The van der Waals surface area contributed by atoms with Crippen molar-refractivity contribution in [3.63, 3.8) is 0 Å². The van der Waals surface area contributed by atoms with Gasteiger partial charge in [-0.1, -0.05) is 11.6 Å². The highest BCUT2D eigenvalue weighted by atomic mass is 35.5. The average molecular weight is 323 g/mol. The number of anilines is 2. The molecule has 0 aliphatic heterocycles. The zero-order valence-electron chi connectivity index (χ0n) is 10.0. The van der Waals surface area contributed by atoms with Crippen LogP contribution < -0.4 is 11.1 Å². The highest BCUT2D eigenvalue weighted by molar-refractivity contribution is 7.16. The number of nitrogens with zero attached hydrogens (tertiary/aromatic N) is 2. The maximum atomic E-state index is 12.5. The quantitative estimate of drug-likeness (QED) is 0.905. The molecular formula is C11H10ClF3N4S. The van der Waals surface area contributed by atoms with E-state index >= 15 is 0 Å². The molecule has 0 spiro atoms. The molecule has 9 heteroatoms. The standard InChI is InChI=1S/C11H10ClF3N4S/c12-7-2-1-6(20-7)3-4-17-9-5-8(16)18-10(19-9)11(13,14)15/h1-2,5H,3-4H2,(H3,16,17,18,19). The van der Waals surface area contributed by atoms with Crippen LogP contribution >= 0.6 is 22.9 Å². The fraction of sp³-hybridized carbons (Fsp3) is 0.273. The van der Waals surface area contributed by atoms with E-state index in [9.17, 15) is 13.2 Å². The van der Waals surface area contributed by atoms with Crippen molar-refractivity contribution in [1.29, 1.82) is 0 Å². The summed E-state index contributed by atoms with van der Waals surface area (Å²) in [6.07, 6.45) is -3.99. The molecule has 0 fully saturated rings. The first-order valence-electron chi connectivity index (χ1n) is 5.54. The minimum absolute atomic E-state index is 0.0486. The molecular weight excluding hydrogens is 313 g/mol. The first kappa shape index (κ1) is 14.9. The molecule has 0 aliphatic rings. The van der Waals surface area contributed by atoms with E-state index in [4.69, 9.17) is 17.3 Å². The zero-order valence-corrected chi connectivity index (χ0v) is 11.6. The second-order valence-electron chi connectivity index (χ2n) is 3.88. The van der Waals surface area contributed by atoms with E-state index in [1.165, 1.54) is 17.4 Å².